The molecule has 1 heterocycles. The third-order valence-corrected chi connectivity index (χ3v) is 2.25. The molecule has 0 radical (unpaired) electrons. The minimum absolute atomic E-state index is 0.258. The highest BCUT2D eigenvalue weighted by molar-refractivity contribution is 5.81. The van der Waals surface area contributed by atoms with E-state index in [1.807, 2.05) is 13.1 Å². The molecule has 0 amide bonds. The van der Waals surface area contributed by atoms with Crippen molar-refractivity contribution in [3.8, 4) is 0 Å². The van der Waals surface area contributed by atoms with Gasteiger partial charge in [-0.25, -0.2) is 4.79 Å². The van der Waals surface area contributed by atoms with Crippen molar-refractivity contribution in [2.45, 2.75) is 6.92 Å². The number of likely N-dealkylation sites (N-methyl/N-ethyl adjacent to an activating group) is 1. The van der Waals surface area contributed by atoms with E-state index >= 15 is 0 Å². The molecule has 4 nitrogen and oxygen atoms in total. The first-order valence-corrected chi connectivity index (χ1v) is 5.00. The number of hydrogen-bond acceptors (Lipinski definition) is 4. The van der Waals surface area contributed by atoms with Gasteiger partial charge in [-0.2, -0.15) is 0 Å². The lowest BCUT2D eigenvalue weighted by atomic mass is 10.3. The Morgan fingerprint density at radius 2 is 2.00 bits per heavy atom. The molecule has 0 aromatic carbocycles. The van der Waals surface area contributed by atoms with Crippen LogP contribution in [0.15, 0.2) is 12.3 Å². The van der Waals surface area contributed by atoms with E-state index in [1.54, 1.807) is 0 Å². The molecule has 1 aliphatic heterocycles. The molecule has 0 unspecified atom stereocenters. The summed E-state index contributed by atoms with van der Waals surface area (Å²) in [6, 6.07) is 0. The predicted octanol–water partition coefficient (Wildman–Crippen LogP) is 0.311. The molecule has 1 saturated heterocycles. The Labute approximate surface area is 85.1 Å². The Hall–Kier alpha value is -1.03. The molecule has 0 bridgehead atoms. The summed E-state index contributed by atoms with van der Waals surface area (Å²) in [5.74, 6) is -0.258. The van der Waals surface area contributed by atoms with Crippen LogP contribution >= 0.6 is 0 Å². The molecule has 14 heavy (non-hydrogen) atoms. The Balaban J connectivity index is 2.26. The van der Waals surface area contributed by atoms with E-state index in [9.17, 15) is 4.79 Å². The van der Waals surface area contributed by atoms with Crippen molar-refractivity contribution >= 4 is 5.97 Å². The van der Waals surface area contributed by atoms with Gasteiger partial charge in [-0.05, 0) is 14.0 Å². The molecule has 0 saturated carbocycles. The van der Waals surface area contributed by atoms with Crippen LogP contribution in [0.25, 0.3) is 0 Å². The molecule has 1 fully saturated rings. The third-order valence-electron chi connectivity index (χ3n) is 2.25. The molecule has 1 aliphatic rings. The molecule has 0 spiro atoms. The van der Waals surface area contributed by atoms with Crippen molar-refractivity contribution in [3.63, 3.8) is 0 Å². The zero-order chi connectivity index (χ0) is 10.4. The van der Waals surface area contributed by atoms with E-state index in [-0.39, 0.29) is 5.97 Å². The van der Waals surface area contributed by atoms with Crippen LogP contribution in [0.1, 0.15) is 6.92 Å². The molecule has 0 aromatic heterocycles. The lowest BCUT2D eigenvalue weighted by Gasteiger charge is -2.31. The average molecular weight is 198 g/mol. The SMILES string of the molecule is CCOC(=O)C=CN1CCN(C)CC1. The first-order chi connectivity index (χ1) is 6.72. The summed E-state index contributed by atoms with van der Waals surface area (Å²) >= 11 is 0. The maximum absolute atomic E-state index is 11.0. The number of carbonyl (C=O) groups excluding carboxylic acids is 1. The summed E-state index contributed by atoms with van der Waals surface area (Å²) in [6.45, 7) is 6.30. The highest BCUT2D eigenvalue weighted by atomic mass is 16.5. The van der Waals surface area contributed by atoms with Gasteiger partial charge in [0.25, 0.3) is 0 Å². The van der Waals surface area contributed by atoms with Crippen LogP contribution in [-0.2, 0) is 9.53 Å². The fourth-order valence-electron chi connectivity index (χ4n) is 1.33. The van der Waals surface area contributed by atoms with Gasteiger partial charge in [0.2, 0.25) is 0 Å². The van der Waals surface area contributed by atoms with E-state index in [1.165, 1.54) is 6.08 Å². The number of rotatable bonds is 3. The smallest absolute Gasteiger partial charge is 0.332 e. The van der Waals surface area contributed by atoms with Crippen molar-refractivity contribution in [1.29, 1.82) is 0 Å². The van der Waals surface area contributed by atoms with E-state index in [2.05, 4.69) is 16.8 Å². The van der Waals surface area contributed by atoms with Crippen LogP contribution < -0.4 is 0 Å². The Bertz CT molecular complexity index is 208. The summed E-state index contributed by atoms with van der Waals surface area (Å²) < 4.78 is 4.79. The normalized spacial score (nSPS) is 18.9. The lowest BCUT2D eigenvalue weighted by Crippen LogP contribution is -2.41. The summed E-state index contributed by atoms with van der Waals surface area (Å²) in [4.78, 5) is 15.4. The molecule has 4 heteroatoms. The van der Waals surface area contributed by atoms with E-state index in [4.69, 9.17) is 4.74 Å². The molecular weight excluding hydrogens is 180 g/mol. The highest BCUT2D eigenvalue weighted by Crippen LogP contribution is 1.99. The fourth-order valence-corrected chi connectivity index (χ4v) is 1.33. The van der Waals surface area contributed by atoms with Crippen molar-refractivity contribution in [2.24, 2.45) is 0 Å². The fraction of sp³-hybridized carbons (Fsp3) is 0.700. The maximum atomic E-state index is 11.0. The maximum Gasteiger partial charge on any atom is 0.332 e. The van der Waals surface area contributed by atoms with Gasteiger partial charge in [-0.15, -0.1) is 0 Å². The summed E-state index contributed by atoms with van der Waals surface area (Å²) in [7, 11) is 2.10. The predicted molar refractivity (Wildman–Crippen MR) is 54.8 cm³/mol. The number of carbonyl (C=O) groups is 1. The number of hydrogen-bond donors (Lipinski definition) is 0. The second kappa shape index (κ2) is 5.65. The Kier molecular flexibility index (Phi) is 4.46. The molecule has 80 valence electrons. The van der Waals surface area contributed by atoms with Crippen LogP contribution in [0.2, 0.25) is 0 Å². The molecule has 0 N–H and O–H groups in total. The summed E-state index contributed by atoms with van der Waals surface area (Å²) in [5.41, 5.74) is 0. The minimum atomic E-state index is -0.258. The van der Waals surface area contributed by atoms with Crippen LogP contribution in [0.5, 0.6) is 0 Å². The Morgan fingerprint density at radius 1 is 1.36 bits per heavy atom. The van der Waals surface area contributed by atoms with Crippen LogP contribution in [0.4, 0.5) is 0 Å². The zero-order valence-electron chi connectivity index (χ0n) is 8.90. The summed E-state index contributed by atoms with van der Waals surface area (Å²) in [6.07, 6.45) is 3.32. The van der Waals surface area contributed by atoms with Crippen molar-refractivity contribution < 1.29 is 9.53 Å². The molecular formula is C10H18N2O2. The molecule has 0 atom stereocenters. The second-order valence-electron chi connectivity index (χ2n) is 3.41. The first-order valence-electron chi connectivity index (χ1n) is 5.00. The van der Waals surface area contributed by atoms with Gasteiger partial charge in [0.1, 0.15) is 0 Å². The van der Waals surface area contributed by atoms with E-state index < -0.39 is 0 Å². The summed E-state index contributed by atoms with van der Waals surface area (Å²) in [5, 5.41) is 0. The molecule has 0 aliphatic carbocycles. The largest absolute Gasteiger partial charge is 0.463 e. The van der Waals surface area contributed by atoms with Gasteiger partial charge in [0.05, 0.1) is 6.61 Å². The van der Waals surface area contributed by atoms with Gasteiger partial charge in [0, 0.05) is 38.5 Å². The van der Waals surface area contributed by atoms with Crippen molar-refractivity contribution in [1.82, 2.24) is 9.80 Å². The monoisotopic (exact) mass is 198 g/mol. The van der Waals surface area contributed by atoms with Gasteiger partial charge >= 0.3 is 5.97 Å². The van der Waals surface area contributed by atoms with Crippen molar-refractivity contribution in [3.05, 3.63) is 12.3 Å². The third kappa shape index (κ3) is 3.79. The van der Waals surface area contributed by atoms with E-state index in [0.717, 1.165) is 26.2 Å². The van der Waals surface area contributed by atoms with Gasteiger partial charge in [-0.3, -0.25) is 0 Å². The number of piperazine rings is 1. The average Bonchev–Trinajstić information content (AvgIpc) is 2.17. The number of ether oxygens (including phenoxy) is 1. The standard InChI is InChI=1S/C10H18N2O2/c1-3-14-10(13)4-5-12-8-6-11(2)7-9-12/h4-5H,3,6-9H2,1-2H3. The van der Waals surface area contributed by atoms with Gasteiger partial charge in [-0.1, -0.05) is 0 Å². The number of nitrogens with zero attached hydrogens (tertiary/aromatic N) is 2. The minimum Gasteiger partial charge on any atom is -0.463 e. The quantitative estimate of drug-likeness (QED) is 0.482. The highest BCUT2D eigenvalue weighted by Gasteiger charge is 2.10. The van der Waals surface area contributed by atoms with E-state index in [0.29, 0.717) is 6.61 Å². The molecule has 0 aromatic rings. The lowest BCUT2D eigenvalue weighted by molar-refractivity contribution is -0.137. The number of esters is 1. The molecule has 1 rings (SSSR count). The zero-order valence-corrected chi connectivity index (χ0v) is 8.90. The Morgan fingerprint density at radius 3 is 2.57 bits per heavy atom. The van der Waals surface area contributed by atoms with Gasteiger partial charge < -0.3 is 14.5 Å². The van der Waals surface area contributed by atoms with Crippen LogP contribution in [0.3, 0.4) is 0 Å². The second-order valence-corrected chi connectivity index (χ2v) is 3.41. The van der Waals surface area contributed by atoms with Gasteiger partial charge in [0.15, 0.2) is 0 Å². The van der Waals surface area contributed by atoms with Crippen LogP contribution in [-0.4, -0.2) is 55.6 Å². The van der Waals surface area contributed by atoms with Crippen LogP contribution in [0, 0.1) is 0 Å². The first kappa shape index (κ1) is 11.0. The topological polar surface area (TPSA) is 32.8 Å². The van der Waals surface area contributed by atoms with Crippen molar-refractivity contribution in [2.75, 3.05) is 39.8 Å².